The van der Waals surface area contributed by atoms with E-state index in [-0.39, 0.29) is 5.91 Å². The van der Waals surface area contributed by atoms with E-state index in [9.17, 15) is 4.79 Å². The zero-order chi connectivity index (χ0) is 9.40. The molecule has 0 radical (unpaired) electrons. The standard InChI is InChI=1S/C10H21NO/c1-4-8-11-10(12)7-5-6-9(2)3/h9H,4-8H2,1-3H3,(H,11,12). The number of nitrogens with one attached hydrogen (secondary N) is 1. The summed E-state index contributed by atoms with van der Waals surface area (Å²) in [5.74, 6) is 0.918. The lowest BCUT2D eigenvalue weighted by Crippen LogP contribution is -2.23. The second-order valence-corrected chi connectivity index (χ2v) is 3.64. The van der Waals surface area contributed by atoms with Crippen LogP contribution < -0.4 is 5.32 Å². The van der Waals surface area contributed by atoms with E-state index >= 15 is 0 Å². The Hall–Kier alpha value is -0.530. The number of hydrogen-bond acceptors (Lipinski definition) is 1. The van der Waals surface area contributed by atoms with Crippen molar-refractivity contribution in [2.45, 2.75) is 46.5 Å². The molecule has 2 heteroatoms. The highest BCUT2D eigenvalue weighted by atomic mass is 16.1. The van der Waals surface area contributed by atoms with Gasteiger partial charge in [-0.05, 0) is 18.8 Å². The third-order valence-electron chi connectivity index (χ3n) is 1.76. The molecule has 0 aliphatic rings. The van der Waals surface area contributed by atoms with Crippen molar-refractivity contribution in [3.8, 4) is 0 Å². The molecule has 1 N–H and O–H groups in total. The Morgan fingerprint density at radius 2 is 2.08 bits per heavy atom. The predicted molar refractivity (Wildman–Crippen MR) is 52.0 cm³/mol. The number of amides is 1. The number of rotatable bonds is 6. The molecule has 0 atom stereocenters. The van der Waals surface area contributed by atoms with E-state index in [1.54, 1.807) is 0 Å². The van der Waals surface area contributed by atoms with E-state index < -0.39 is 0 Å². The average Bonchev–Trinajstić information content (AvgIpc) is 2.00. The lowest BCUT2D eigenvalue weighted by Gasteiger charge is -2.04. The lowest BCUT2D eigenvalue weighted by atomic mass is 10.1. The van der Waals surface area contributed by atoms with Crippen LogP contribution in [0.25, 0.3) is 0 Å². The van der Waals surface area contributed by atoms with Gasteiger partial charge in [-0.1, -0.05) is 27.2 Å². The molecule has 0 rings (SSSR count). The number of carbonyl (C=O) groups excluding carboxylic acids is 1. The highest BCUT2D eigenvalue weighted by molar-refractivity contribution is 5.75. The van der Waals surface area contributed by atoms with Crippen molar-refractivity contribution in [3.05, 3.63) is 0 Å². The molecule has 0 heterocycles. The van der Waals surface area contributed by atoms with Gasteiger partial charge in [-0.25, -0.2) is 0 Å². The molecule has 0 fully saturated rings. The first-order valence-corrected chi connectivity index (χ1v) is 4.93. The number of carbonyl (C=O) groups is 1. The van der Waals surface area contributed by atoms with Crippen LogP contribution in [-0.4, -0.2) is 12.5 Å². The lowest BCUT2D eigenvalue weighted by molar-refractivity contribution is -0.121. The summed E-state index contributed by atoms with van der Waals surface area (Å²) in [6.45, 7) is 7.25. The van der Waals surface area contributed by atoms with Crippen LogP contribution in [0, 0.1) is 5.92 Å². The summed E-state index contributed by atoms with van der Waals surface area (Å²) in [6, 6.07) is 0. The summed E-state index contributed by atoms with van der Waals surface area (Å²) in [5, 5.41) is 2.87. The Balaban J connectivity index is 3.20. The van der Waals surface area contributed by atoms with Gasteiger partial charge >= 0.3 is 0 Å². The molecular formula is C10H21NO. The first kappa shape index (κ1) is 11.5. The van der Waals surface area contributed by atoms with Gasteiger partial charge in [0.05, 0.1) is 0 Å². The normalized spacial score (nSPS) is 10.3. The highest BCUT2D eigenvalue weighted by Crippen LogP contribution is 2.05. The maximum Gasteiger partial charge on any atom is 0.219 e. The zero-order valence-corrected chi connectivity index (χ0v) is 8.52. The second kappa shape index (κ2) is 7.14. The van der Waals surface area contributed by atoms with E-state index in [0.717, 1.165) is 25.8 Å². The van der Waals surface area contributed by atoms with Gasteiger partial charge in [0.2, 0.25) is 5.91 Å². The van der Waals surface area contributed by atoms with Crippen molar-refractivity contribution in [3.63, 3.8) is 0 Å². The van der Waals surface area contributed by atoms with Gasteiger partial charge in [0.25, 0.3) is 0 Å². The van der Waals surface area contributed by atoms with Gasteiger partial charge in [0.15, 0.2) is 0 Å². The van der Waals surface area contributed by atoms with Crippen molar-refractivity contribution in [1.29, 1.82) is 0 Å². The monoisotopic (exact) mass is 171 g/mol. The van der Waals surface area contributed by atoms with Gasteiger partial charge in [-0.3, -0.25) is 4.79 Å². The third-order valence-corrected chi connectivity index (χ3v) is 1.76. The van der Waals surface area contributed by atoms with Crippen LogP contribution in [0.15, 0.2) is 0 Å². The Bertz CT molecular complexity index is 121. The van der Waals surface area contributed by atoms with Gasteiger partial charge in [0.1, 0.15) is 0 Å². The molecule has 0 saturated carbocycles. The SMILES string of the molecule is CCCNC(=O)CCCC(C)C. The Kier molecular flexibility index (Phi) is 6.82. The van der Waals surface area contributed by atoms with Crippen LogP contribution in [0.5, 0.6) is 0 Å². The number of hydrogen-bond donors (Lipinski definition) is 1. The van der Waals surface area contributed by atoms with Crippen LogP contribution in [0.2, 0.25) is 0 Å². The molecule has 12 heavy (non-hydrogen) atoms. The van der Waals surface area contributed by atoms with Crippen LogP contribution in [0.1, 0.15) is 46.5 Å². The van der Waals surface area contributed by atoms with Gasteiger partial charge in [-0.15, -0.1) is 0 Å². The van der Waals surface area contributed by atoms with Crippen molar-refractivity contribution < 1.29 is 4.79 Å². The predicted octanol–water partition coefficient (Wildman–Crippen LogP) is 2.34. The fourth-order valence-corrected chi connectivity index (χ4v) is 1.02. The Labute approximate surface area is 75.7 Å². The molecule has 0 unspecified atom stereocenters. The van der Waals surface area contributed by atoms with Crippen molar-refractivity contribution in [1.82, 2.24) is 5.32 Å². The topological polar surface area (TPSA) is 29.1 Å². The van der Waals surface area contributed by atoms with E-state index in [1.807, 2.05) is 0 Å². The summed E-state index contributed by atoms with van der Waals surface area (Å²) in [6.07, 6.45) is 3.89. The van der Waals surface area contributed by atoms with Crippen molar-refractivity contribution in [2.75, 3.05) is 6.54 Å². The van der Waals surface area contributed by atoms with E-state index in [1.165, 1.54) is 0 Å². The van der Waals surface area contributed by atoms with Crippen LogP contribution >= 0.6 is 0 Å². The van der Waals surface area contributed by atoms with Crippen LogP contribution in [0.3, 0.4) is 0 Å². The fourth-order valence-electron chi connectivity index (χ4n) is 1.02. The molecule has 0 aromatic rings. The van der Waals surface area contributed by atoms with E-state index in [4.69, 9.17) is 0 Å². The molecule has 2 nitrogen and oxygen atoms in total. The third kappa shape index (κ3) is 7.58. The quantitative estimate of drug-likeness (QED) is 0.653. The second-order valence-electron chi connectivity index (χ2n) is 3.64. The summed E-state index contributed by atoms with van der Waals surface area (Å²) < 4.78 is 0. The molecular weight excluding hydrogens is 150 g/mol. The van der Waals surface area contributed by atoms with Gasteiger partial charge in [0, 0.05) is 13.0 Å². The maximum atomic E-state index is 11.1. The van der Waals surface area contributed by atoms with E-state index in [0.29, 0.717) is 12.3 Å². The Morgan fingerprint density at radius 1 is 1.42 bits per heavy atom. The summed E-state index contributed by atoms with van der Waals surface area (Å²) in [5.41, 5.74) is 0. The van der Waals surface area contributed by atoms with Gasteiger partial charge < -0.3 is 5.32 Å². The molecule has 0 aliphatic carbocycles. The van der Waals surface area contributed by atoms with Crippen molar-refractivity contribution >= 4 is 5.91 Å². The minimum Gasteiger partial charge on any atom is -0.356 e. The maximum absolute atomic E-state index is 11.1. The summed E-state index contributed by atoms with van der Waals surface area (Å²) in [7, 11) is 0. The molecule has 0 aromatic heterocycles. The first-order valence-electron chi connectivity index (χ1n) is 4.93. The molecule has 0 aliphatic heterocycles. The summed E-state index contributed by atoms with van der Waals surface area (Å²) in [4.78, 5) is 11.1. The molecule has 0 spiro atoms. The molecule has 72 valence electrons. The Morgan fingerprint density at radius 3 is 2.58 bits per heavy atom. The van der Waals surface area contributed by atoms with Crippen molar-refractivity contribution in [2.24, 2.45) is 5.92 Å². The first-order chi connectivity index (χ1) is 5.66. The molecule has 0 saturated heterocycles. The largest absolute Gasteiger partial charge is 0.356 e. The minimum atomic E-state index is 0.206. The summed E-state index contributed by atoms with van der Waals surface area (Å²) >= 11 is 0. The molecule has 1 amide bonds. The van der Waals surface area contributed by atoms with Crippen LogP contribution in [-0.2, 0) is 4.79 Å². The smallest absolute Gasteiger partial charge is 0.219 e. The molecule has 0 aromatic carbocycles. The van der Waals surface area contributed by atoms with Gasteiger partial charge in [-0.2, -0.15) is 0 Å². The fraction of sp³-hybridized carbons (Fsp3) is 0.900. The zero-order valence-electron chi connectivity index (χ0n) is 8.52. The molecule has 0 bridgehead atoms. The van der Waals surface area contributed by atoms with E-state index in [2.05, 4.69) is 26.1 Å². The van der Waals surface area contributed by atoms with Crippen LogP contribution in [0.4, 0.5) is 0 Å². The minimum absolute atomic E-state index is 0.206. The highest BCUT2D eigenvalue weighted by Gasteiger charge is 2.00. The average molecular weight is 171 g/mol.